The van der Waals surface area contributed by atoms with Crippen molar-refractivity contribution in [3.05, 3.63) is 35.0 Å². The predicted octanol–water partition coefficient (Wildman–Crippen LogP) is 2.00. The molecule has 1 aromatic carbocycles. The van der Waals surface area contributed by atoms with Crippen LogP contribution in [0.3, 0.4) is 0 Å². The number of H-pyrrole nitrogens is 1. The van der Waals surface area contributed by atoms with E-state index in [2.05, 4.69) is 29.1 Å². The Morgan fingerprint density at radius 2 is 2.30 bits per heavy atom. The molecule has 2 aromatic rings. The van der Waals surface area contributed by atoms with Crippen LogP contribution in [0.25, 0.3) is 10.9 Å². The molecule has 2 atom stereocenters. The fraction of sp³-hybridized carbons (Fsp3) is 0.438. The average Bonchev–Trinajstić information content (AvgIpc) is 2.81. The van der Waals surface area contributed by atoms with Crippen LogP contribution in [0.5, 0.6) is 0 Å². The second kappa shape index (κ2) is 4.09. The summed E-state index contributed by atoms with van der Waals surface area (Å²) in [5.41, 5.74) is 9.72. The van der Waals surface area contributed by atoms with Gasteiger partial charge in [0.25, 0.3) is 5.91 Å². The maximum absolute atomic E-state index is 11.7. The van der Waals surface area contributed by atoms with Crippen LogP contribution in [0.15, 0.2) is 18.2 Å². The van der Waals surface area contributed by atoms with Gasteiger partial charge in [0, 0.05) is 22.9 Å². The summed E-state index contributed by atoms with van der Waals surface area (Å²) in [6.45, 7) is 1.14. The number of hydrogen-bond donors (Lipinski definition) is 2. The molecule has 1 unspecified atom stereocenters. The van der Waals surface area contributed by atoms with E-state index in [4.69, 9.17) is 5.73 Å². The number of benzene rings is 1. The normalized spacial score (nSPS) is 25.6. The van der Waals surface area contributed by atoms with E-state index in [1.54, 1.807) is 0 Å². The number of nitrogens with one attached hydrogen (secondary N) is 1. The zero-order chi connectivity index (χ0) is 13.9. The Morgan fingerprint density at radius 1 is 1.45 bits per heavy atom. The molecule has 0 radical (unpaired) electrons. The zero-order valence-corrected chi connectivity index (χ0v) is 11.6. The number of aromatic amines is 1. The van der Waals surface area contributed by atoms with Gasteiger partial charge in [0.15, 0.2) is 0 Å². The van der Waals surface area contributed by atoms with E-state index in [0.29, 0.717) is 17.7 Å². The Hall–Kier alpha value is -1.81. The van der Waals surface area contributed by atoms with Crippen LogP contribution in [-0.4, -0.2) is 35.4 Å². The first kappa shape index (κ1) is 12.0. The minimum absolute atomic E-state index is 0.348. The molecule has 3 N–H and O–H groups in total. The highest BCUT2D eigenvalue weighted by Gasteiger charge is 2.37. The van der Waals surface area contributed by atoms with E-state index in [1.807, 2.05) is 6.07 Å². The summed E-state index contributed by atoms with van der Waals surface area (Å²) < 4.78 is 0. The summed E-state index contributed by atoms with van der Waals surface area (Å²) in [4.78, 5) is 17.4. The zero-order valence-electron chi connectivity index (χ0n) is 11.6. The van der Waals surface area contributed by atoms with Crippen LogP contribution in [0.4, 0.5) is 0 Å². The Morgan fingerprint density at radius 3 is 3.10 bits per heavy atom. The number of hydrogen-bond acceptors (Lipinski definition) is 2. The lowest BCUT2D eigenvalue weighted by atomic mass is 9.75. The van der Waals surface area contributed by atoms with Crippen molar-refractivity contribution in [2.45, 2.75) is 31.2 Å². The predicted molar refractivity (Wildman–Crippen MR) is 78.9 cm³/mol. The van der Waals surface area contributed by atoms with E-state index in [9.17, 15) is 4.79 Å². The molecule has 1 aliphatic heterocycles. The molecular formula is C16H19N3O. The highest BCUT2D eigenvalue weighted by atomic mass is 16.1. The van der Waals surface area contributed by atoms with E-state index in [-0.39, 0.29) is 5.91 Å². The highest BCUT2D eigenvalue weighted by molar-refractivity contribution is 6.02. The maximum Gasteiger partial charge on any atom is 0.265 e. The lowest BCUT2D eigenvalue weighted by Gasteiger charge is -2.42. The molecule has 2 heterocycles. The van der Waals surface area contributed by atoms with Crippen molar-refractivity contribution in [1.82, 2.24) is 9.88 Å². The molecule has 1 amide bonds. The van der Waals surface area contributed by atoms with Gasteiger partial charge in [0.1, 0.15) is 5.69 Å². The minimum atomic E-state index is -0.348. The highest BCUT2D eigenvalue weighted by Crippen LogP contribution is 2.43. The van der Waals surface area contributed by atoms with E-state index in [0.717, 1.165) is 24.0 Å². The second-order valence-electron chi connectivity index (χ2n) is 6.11. The number of nitrogens with zero attached hydrogens (tertiary/aromatic N) is 1. The lowest BCUT2D eigenvalue weighted by Crippen LogP contribution is -2.44. The molecule has 0 saturated carbocycles. The second-order valence-corrected chi connectivity index (χ2v) is 6.11. The number of likely N-dealkylation sites (tertiary alicyclic amines) is 1. The van der Waals surface area contributed by atoms with Gasteiger partial charge in [0.2, 0.25) is 0 Å². The van der Waals surface area contributed by atoms with Gasteiger partial charge in [0.05, 0.1) is 0 Å². The lowest BCUT2D eigenvalue weighted by molar-refractivity contribution is 0.0993. The van der Waals surface area contributed by atoms with E-state index in [1.165, 1.54) is 23.8 Å². The van der Waals surface area contributed by atoms with Crippen molar-refractivity contribution in [3.63, 3.8) is 0 Å². The third-order valence-corrected chi connectivity index (χ3v) is 5.08. The van der Waals surface area contributed by atoms with Crippen LogP contribution >= 0.6 is 0 Å². The molecule has 1 saturated heterocycles. The van der Waals surface area contributed by atoms with Gasteiger partial charge in [-0.3, -0.25) is 4.79 Å². The molecule has 1 fully saturated rings. The quantitative estimate of drug-likeness (QED) is 0.831. The van der Waals surface area contributed by atoms with Gasteiger partial charge in [-0.25, -0.2) is 0 Å². The van der Waals surface area contributed by atoms with Crippen LogP contribution in [0, 0.1) is 0 Å². The fourth-order valence-corrected chi connectivity index (χ4v) is 4.17. The first-order valence-corrected chi connectivity index (χ1v) is 7.30. The van der Waals surface area contributed by atoms with Crippen molar-refractivity contribution >= 4 is 16.8 Å². The molecule has 0 spiro atoms. The molecule has 4 rings (SSSR count). The molecule has 4 heteroatoms. The molecule has 1 aromatic heterocycles. The first-order valence-electron chi connectivity index (χ1n) is 7.30. The molecule has 1 aliphatic carbocycles. The number of fused-ring (bicyclic) bond motifs is 2. The molecule has 4 nitrogen and oxygen atoms in total. The van der Waals surface area contributed by atoms with Crippen molar-refractivity contribution in [2.75, 3.05) is 13.6 Å². The van der Waals surface area contributed by atoms with E-state index >= 15 is 0 Å². The van der Waals surface area contributed by atoms with Gasteiger partial charge in [-0.15, -0.1) is 0 Å². The van der Waals surface area contributed by atoms with Gasteiger partial charge >= 0.3 is 0 Å². The van der Waals surface area contributed by atoms with Crippen molar-refractivity contribution in [2.24, 2.45) is 5.73 Å². The summed E-state index contributed by atoms with van der Waals surface area (Å²) in [5.74, 6) is 0.237. The summed E-state index contributed by atoms with van der Waals surface area (Å²) in [5, 5.41) is 1.25. The van der Waals surface area contributed by atoms with Crippen molar-refractivity contribution in [1.29, 1.82) is 0 Å². The largest absolute Gasteiger partial charge is 0.364 e. The maximum atomic E-state index is 11.7. The smallest absolute Gasteiger partial charge is 0.265 e. The fourth-order valence-electron chi connectivity index (χ4n) is 4.17. The first-order chi connectivity index (χ1) is 9.66. The van der Waals surface area contributed by atoms with Gasteiger partial charge in [-0.2, -0.15) is 0 Å². The van der Waals surface area contributed by atoms with Gasteiger partial charge in [-0.1, -0.05) is 12.1 Å². The Kier molecular flexibility index (Phi) is 2.45. The Balaban J connectivity index is 1.99. The molecule has 2 aliphatic rings. The number of amides is 1. The van der Waals surface area contributed by atoms with Crippen LogP contribution in [-0.2, 0) is 6.42 Å². The minimum Gasteiger partial charge on any atom is -0.364 e. The van der Waals surface area contributed by atoms with Crippen LogP contribution < -0.4 is 5.73 Å². The number of likely N-dealkylation sites (N-methyl/N-ethyl adjacent to an activating group) is 1. The van der Waals surface area contributed by atoms with E-state index < -0.39 is 0 Å². The summed E-state index contributed by atoms with van der Waals surface area (Å²) in [6.07, 6.45) is 3.41. The SMILES string of the molecule is CN1CCCC2c3cccc4[nH]c(C(N)=O)c(c34)C[C@H]21. The summed E-state index contributed by atoms with van der Waals surface area (Å²) in [6, 6.07) is 6.85. The molecule has 104 valence electrons. The van der Waals surface area contributed by atoms with Gasteiger partial charge in [-0.05, 0) is 50.0 Å². The summed E-state index contributed by atoms with van der Waals surface area (Å²) in [7, 11) is 2.19. The molecule has 20 heavy (non-hydrogen) atoms. The monoisotopic (exact) mass is 269 g/mol. The van der Waals surface area contributed by atoms with Crippen molar-refractivity contribution < 1.29 is 4.79 Å². The third kappa shape index (κ3) is 1.48. The number of carbonyl (C=O) groups is 1. The topological polar surface area (TPSA) is 62.1 Å². The van der Waals surface area contributed by atoms with Crippen LogP contribution in [0.1, 0.15) is 40.4 Å². The Bertz CT molecular complexity index is 703. The average molecular weight is 269 g/mol. The number of rotatable bonds is 1. The standard InChI is InChI=1S/C16H19N3O/c1-19-7-3-5-9-10-4-2-6-12-14(10)11(8-13(9)19)15(18-12)16(17)20/h2,4,6,9,13,18H,3,5,7-8H2,1H3,(H2,17,20)/t9?,13-/m1/s1. The number of carbonyl (C=O) groups excluding carboxylic acids is 1. The van der Waals surface area contributed by atoms with Gasteiger partial charge < -0.3 is 15.6 Å². The molecule has 0 bridgehead atoms. The summed E-state index contributed by atoms with van der Waals surface area (Å²) >= 11 is 0. The third-order valence-electron chi connectivity index (χ3n) is 5.08. The number of aromatic nitrogens is 1. The van der Waals surface area contributed by atoms with Crippen LogP contribution in [0.2, 0.25) is 0 Å². The number of piperidine rings is 1. The number of primary amides is 1. The molecular weight excluding hydrogens is 250 g/mol. The van der Waals surface area contributed by atoms with Crippen molar-refractivity contribution in [3.8, 4) is 0 Å². The number of nitrogens with two attached hydrogens (primary N) is 1. The Labute approximate surface area is 117 Å².